The lowest BCUT2D eigenvalue weighted by atomic mass is 10.1. The van der Waals surface area contributed by atoms with E-state index < -0.39 is 17.7 Å². The second-order valence-corrected chi connectivity index (χ2v) is 8.42. The van der Waals surface area contributed by atoms with Gasteiger partial charge in [0, 0.05) is 81.2 Å². The molecule has 0 aliphatic carbocycles. The van der Waals surface area contributed by atoms with Gasteiger partial charge in [-0.25, -0.2) is 4.79 Å². The average molecular weight is 506 g/mol. The molecule has 0 saturated carbocycles. The summed E-state index contributed by atoms with van der Waals surface area (Å²) in [6.07, 6.45) is -3.07. The summed E-state index contributed by atoms with van der Waals surface area (Å²) >= 11 is 0. The highest BCUT2D eigenvalue weighted by Crippen LogP contribution is 2.41. The molecule has 0 bridgehead atoms. The summed E-state index contributed by atoms with van der Waals surface area (Å²) in [6, 6.07) is 8.81. The number of aromatic nitrogens is 1. The van der Waals surface area contributed by atoms with Crippen LogP contribution in [-0.2, 0) is 10.9 Å². The first-order valence-corrected chi connectivity index (χ1v) is 11.8. The van der Waals surface area contributed by atoms with Crippen molar-refractivity contribution in [3.8, 4) is 11.5 Å². The molecule has 2 aliphatic heterocycles. The maximum atomic E-state index is 13.7. The monoisotopic (exact) mass is 505 g/mol. The Morgan fingerprint density at radius 3 is 2.17 bits per heavy atom. The zero-order valence-corrected chi connectivity index (χ0v) is 20.0. The lowest BCUT2D eigenvalue weighted by molar-refractivity contribution is -0.138. The van der Waals surface area contributed by atoms with Gasteiger partial charge in [0.1, 0.15) is 22.6 Å². The molecule has 36 heavy (non-hydrogen) atoms. The number of alkyl halides is 3. The molecule has 5 rings (SSSR count). The van der Waals surface area contributed by atoms with Gasteiger partial charge in [-0.2, -0.15) is 13.2 Å². The van der Waals surface area contributed by atoms with Gasteiger partial charge in [0.2, 0.25) is 0 Å². The Hall–Kier alpha value is -3.28. The van der Waals surface area contributed by atoms with E-state index >= 15 is 0 Å². The van der Waals surface area contributed by atoms with E-state index in [1.54, 1.807) is 24.4 Å². The predicted octanol–water partition coefficient (Wildman–Crippen LogP) is 3.35. The van der Waals surface area contributed by atoms with Gasteiger partial charge < -0.3 is 35.3 Å². The topological polar surface area (TPSA) is 90.7 Å². The molecule has 0 unspecified atom stereocenters. The molecule has 1 aromatic heterocycles. The van der Waals surface area contributed by atoms with Crippen molar-refractivity contribution < 1.29 is 27.4 Å². The Labute approximate surface area is 207 Å². The molecule has 0 radical (unpaired) electrons. The highest BCUT2D eigenvalue weighted by atomic mass is 19.4. The normalized spacial score (nSPS) is 16.3. The van der Waals surface area contributed by atoms with E-state index in [2.05, 4.69) is 25.8 Å². The van der Waals surface area contributed by atoms with Crippen LogP contribution >= 0.6 is 0 Å². The van der Waals surface area contributed by atoms with Crippen LogP contribution in [0.4, 0.5) is 18.9 Å². The number of benzene rings is 2. The first kappa shape index (κ1) is 25.8. The van der Waals surface area contributed by atoms with Crippen LogP contribution in [-0.4, -0.2) is 70.4 Å². The van der Waals surface area contributed by atoms with Crippen molar-refractivity contribution >= 4 is 22.6 Å². The molecule has 2 aliphatic rings. The summed E-state index contributed by atoms with van der Waals surface area (Å²) in [4.78, 5) is 17.1. The Balaban J connectivity index is 0.000000445. The van der Waals surface area contributed by atoms with Gasteiger partial charge >= 0.3 is 12.1 Å². The van der Waals surface area contributed by atoms with Gasteiger partial charge in [-0.1, -0.05) is 0 Å². The number of hydrogen-bond donors (Lipinski definition) is 4. The quantitative estimate of drug-likeness (QED) is 0.405. The van der Waals surface area contributed by atoms with Gasteiger partial charge in [0.15, 0.2) is 0 Å². The van der Waals surface area contributed by atoms with Gasteiger partial charge in [-0.3, -0.25) is 0 Å². The van der Waals surface area contributed by atoms with Crippen LogP contribution in [0, 0.1) is 0 Å². The number of nitrogens with one attached hydrogen (secondary N) is 4. The second kappa shape index (κ2) is 11.6. The molecular formula is C25H30F3N5O3. The number of rotatable bonds is 4. The fourth-order valence-electron chi connectivity index (χ4n) is 4.10. The van der Waals surface area contributed by atoms with E-state index in [1.165, 1.54) is 19.2 Å². The van der Waals surface area contributed by atoms with Crippen LogP contribution in [0.1, 0.15) is 15.9 Å². The summed E-state index contributed by atoms with van der Waals surface area (Å²) in [5, 5.41) is 10.3. The number of anilines is 1. The second-order valence-electron chi connectivity index (χ2n) is 8.42. The van der Waals surface area contributed by atoms with Crippen molar-refractivity contribution in [1.82, 2.24) is 20.9 Å². The minimum absolute atomic E-state index is 0.0123. The SMILES string of the molecule is C1CNCCN1.COC(=O)c1ccc(N2CCNCC2)cc1Oc1cc2cc[nH]c2cc1C(F)(F)F. The first-order chi connectivity index (χ1) is 17.4. The zero-order valence-electron chi connectivity index (χ0n) is 20.0. The minimum atomic E-state index is -4.63. The van der Waals surface area contributed by atoms with Crippen LogP contribution in [0.3, 0.4) is 0 Å². The molecule has 8 nitrogen and oxygen atoms in total. The molecule has 2 saturated heterocycles. The van der Waals surface area contributed by atoms with Crippen molar-refractivity contribution in [3.63, 3.8) is 0 Å². The van der Waals surface area contributed by atoms with Crippen molar-refractivity contribution in [2.24, 2.45) is 0 Å². The fraction of sp³-hybridized carbons (Fsp3) is 0.400. The number of carbonyl (C=O) groups is 1. The summed E-state index contributed by atoms with van der Waals surface area (Å²) in [7, 11) is 1.21. The Morgan fingerprint density at radius 1 is 0.889 bits per heavy atom. The third kappa shape index (κ3) is 6.28. The first-order valence-electron chi connectivity index (χ1n) is 11.8. The molecule has 0 atom stereocenters. The number of esters is 1. The molecule has 3 aromatic rings. The summed E-state index contributed by atoms with van der Waals surface area (Å²) in [5.74, 6) is -1.05. The van der Waals surface area contributed by atoms with Gasteiger partial charge in [0.25, 0.3) is 0 Å². The molecule has 2 aromatic carbocycles. The third-order valence-corrected chi connectivity index (χ3v) is 5.99. The maximum absolute atomic E-state index is 13.7. The van der Waals surface area contributed by atoms with E-state index in [0.29, 0.717) is 10.9 Å². The molecule has 194 valence electrons. The number of methoxy groups -OCH3 is 1. The van der Waals surface area contributed by atoms with E-state index in [0.717, 1.165) is 64.1 Å². The average Bonchev–Trinajstić information content (AvgIpc) is 3.37. The van der Waals surface area contributed by atoms with Gasteiger partial charge in [0.05, 0.1) is 7.11 Å². The lowest BCUT2D eigenvalue weighted by Crippen LogP contribution is -2.43. The van der Waals surface area contributed by atoms with E-state index in [4.69, 9.17) is 9.47 Å². The largest absolute Gasteiger partial charge is 0.465 e. The van der Waals surface area contributed by atoms with Crippen molar-refractivity contribution in [1.29, 1.82) is 0 Å². The van der Waals surface area contributed by atoms with E-state index in [-0.39, 0.29) is 17.1 Å². The molecule has 2 fully saturated rings. The van der Waals surface area contributed by atoms with Crippen LogP contribution in [0.25, 0.3) is 10.9 Å². The summed E-state index contributed by atoms with van der Waals surface area (Å²) in [6.45, 7) is 7.61. The predicted molar refractivity (Wildman–Crippen MR) is 132 cm³/mol. The van der Waals surface area contributed by atoms with Crippen LogP contribution in [0.5, 0.6) is 11.5 Å². The number of ether oxygens (including phenoxy) is 2. The third-order valence-electron chi connectivity index (χ3n) is 5.99. The number of fused-ring (bicyclic) bond motifs is 1. The summed E-state index contributed by atoms with van der Waals surface area (Å²) < 4.78 is 51.5. The number of aromatic amines is 1. The molecule has 0 spiro atoms. The lowest BCUT2D eigenvalue weighted by Gasteiger charge is -2.30. The number of hydrogen-bond acceptors (Lipinski definition) is 7. The molecule has 0 amide bonds. The fourth-order valence-corrected chi connectivity index (χ4v) is 4.10. The van der Waals surface area contributed by atoms with Gasteiger partial charge in [-0.15, -0.1) is 0 Å². The number of carbonyl (C=O) groups excluding carboxylic acids is 1. The van der Waals surface area contributed by atoms with Crippen LogP contribution in [0.15, 0.2) is 42.6 Å². The Kier molecular flexibility index (Phi) is 8.34. The maximum Gasteiger partial charge on any atom is 0.420 e. The van der Waals surface area contributed by atoms with Crippen molar-refractivity contribution in [3.05, 3.63) is 53.7 Å². The number of nitrogens with zero attached hydrogens (tertiary/aromatic N) is 1. The number of halogens is 3. The standard InChI is InChI=1S/C21H20F3N3O3.C4H10N2/c1-29-20(28)15-3-2-14(27-8-6-25-7-9-27)11-18(15)30-19-10-13-4-5-26-17(13)12-16(19)21(22,23)24;1-2-6-4-3-5-1/h2-5,10-12,25-26H,6-9H2,1H3;5-6H,1-4H2. The zero-order chi connectivity index (χ0) is 25.5. The number of H-pyrrole nitrogens is 1. The molecule has 4 N–H and O–H groups in total. The molecular weight excluding hydrogens is 475 g/mol. The van der Waals surface area contributed by atoms with Gasteiger partial charge in [-0.05, 0) is 30.3 Å². The summed E-state index contributed by atoms with van der Waals surface area (Å²) in [5.41, 5.74) is 0.229. The van der Waals surface area contributed by atoms with E-state index in [1.807, 2.05) is 0 Å². The number of piperazine rings is 2. The van der Waals surface area contributed by atoms with Crippen molar-refractivity contribution in [2.45, 2.75) is 6.18 Å². The molecule has 11 heteroatoms. The van der Waals surface area contributed by atoms with Crippen LogP contribution < -0.4 is 25.6 Å². The highest BCUT2D eigenvalue weighted by Gasteiger charge is 2.35. The Morgan fingerprint density at radius 2 is 1.56 bits per heavy atom. The highest BCUT2D eigenvalue weighted by molar-refractivity contribution is 5.93. The van der Waals surface area contributed by atoms with Crippen LogP contribution in [0.2, 0.25) is 0 Å². The Bertz CT molecular complexity index is 1160. The molecule has 3 heterocycles. The van der Waals surface area contributed by atoms with E-state index in [9.17, 15) is 18.0 Å². The smallest absolute Gasteiger partial charge is 0.420 e. The minimum Gasteiger partial charge on any atom is -0.465 e. The van der Waals surface area contributed by atoms with Crippen molar-refractivity contribution in [2.75, 3.05) is 64.4 Å².